The van der Waals surface area contributed by atoms with Crippen molar-refractivity contribution in [1.29, 1.82) is 0 Å². The van der Waals surface area contributed by atoms with Gasteiger partial charge in [-0.25, -0.2) is 0 Å². The maximum absolute atomic E-state index is 2.32. The molecule has 0 N–H and O–H groups in total. The van der Waals surface area contributed by atoms with Crippen LogP contribution in [0, 0.1) is 5.92 Å². The Hall–Kier alpha value is 0. The van der Waals surface area contributed by atoms with Gasteiger partial charge in [-0.2, -0.15) is 0 Å². The fourth-order valence-electron chi connectivity index (χ4n) is 9.14. The summed E-state index contributed by atoms with van der Waals surface area (Å²) in [6, 6.07) is 0. The average molecular weight is 772 g/mol. The van der Waals surface area contributed by atoms with Crippen molar-refractivity contribution >= 4 is 0 Å². The minimum atomic E-state index is 1.37. The molecule has 0 unspecified atom stereocenters. The predicted octanol–water partition coefficient (Wildman–Crippen LogP) is 21.5. The number of hydrogen-bond acceptors (Lipinski definition) is 0. The van der Waals surface area contributed by atoms with Crippen molar-refractivity contribution < 1.29 is 0 Å². The first kappa shape index (κ1) is 55.0. The Morgan fingerprint density at radius 2 is 0.255 bits per heavy atom. The maximum Gasteiger partial charge on any atom is -0.0241 e. The number of hydrogen-bond donors (Lipinski definition) is 0. The molecule has 0 aliphatic rings. The van der Waals surface area contributed by atoms with Crippen LogP contribution < -0.4 is 0 Å². The number of rotatable bonds is 51. The molecule has 331 valence electrons. The zero-order valence-corrected chi connectivity index (χ0v) is 39.6. The van der Waals surface area contributed by atoms with Crippen molar-refractivity contribution in [2.45, 2.75) is 348 Å². The normalized spacial score (nSPS) is 11.8. The highest BCUT2D eigenvalue weighted by molar-refractivity contribution is 4.89. The van der Waals surface area contributed by atoms with Gasteiger partial charge < -0.3 is 0 Å². The van der Waals surface area contributed by atoms with Gasteiger partial charge in [0.15, 0.2) is 0 Å². The van der Waals surface area contributed by atoms with Crippen LogP contribution in [0.4, 0.5) is 0 Å². The second kappa shape index (κ2) is 52.0. The van der Waals surface area contributed by atoms with Crippen LogP contribution in [-0.4, -0.2) is 0 Å². The van der Waals surface area contributed by atoms with E-state index in [4.69, 9.17) is 0 Å². The van der Waals surface area contributed by atoms with Crippen LogP contribution in [0.1, 0.15) is 348 Å². The molecular weight excluding hydrogens is 661 g/mol. The van der Waals surface area contributed by atoms with Gasteiger partial charge in [-0.15, -0.1) is 0 Å². The summed E-state index contributed by atoms with van der Waals surface area (Å²) in [6.45, 7) is 6.96. The number of unbranched alkanes of at least 4 members (excludes halogenated alkanes) is 45. The van der Waals surface area contributed by atoms with Crippen molar-refractivity contribution in [2.75, 3.05) is 0 Å². The largest absolute Gasteiger partial charge is 0.0654 e. The molecule has 0 atom stereocenters. The standard InChI is InChI=1S/C55H111/c1-4-7-10-13-16-19-22-25-28-31-34-37-40-43-46-49-52-55(53-50-47-44-41-38-35-32-29-26-23-20-17-14-11-8-5-2)54-51-48-45-42-39-36-33-30-27-24-21-18-15-12-9-6-3/h4-54H2,1-3H3. The fourth-order valence-corrected chi connectivity index (χ4v) is 9.14. The van der Waals surface area contributed by atoms with Gasteiger partial charge in [-0.3, -0.25) is 0 Å². The van der Waals surface area contributed by atoms with E-state index < -0.39 is 0 Å². The molecule has 0 heterocycles. The molecule has 1 radical (unpaired) electrons. The van der Waals surface area contributed by atoms with Gasteiger partial charge in [0.05, 0.1) is 0 Å². The summed E-state index contributed by atoms with van der Waals surface area (Å²) >= 11 is 0. The topological polar surface area (TPSA) is 0 Å². The van der Waals surface area contributed by atoms with Crippen LogP contribution in [-0.2, 0) is 0 Å². The zero-order valence-electron chi connectivity index (χ0n) is 39.6. The molecule has 0 aliphatic heterocycles. The lowest BCUT2D eigenvalue weighted by Gasteiger charge is -2.16. The highest BCUT2D eigenvalue weighted by Crippen LogP contribution is 2.27. The lowest BCUT2D eigenvalue weighted by molar-refractivity contribution is 0.498. The van der Waals surface area contributed by atoms with Crippen LogP contribution in [0.2, 0.25) is 0 Å². The van der Waals surface area contributed by atoms with E-state index in [1.54, 1.807) is 0 Å². The molecule has 0 nitrogen and oxygen atoms in total. The minimum Gasteiger partial charge on any atom is -0.0654 e. The second-order valence-corrected chi connectivity index (χ2v) is 18.9. The molecule has 0 saturated carbocycles. The summed E-state index contributed by atoms with van der Waals surface area (Å²) in [4.78, 5) is 0. The summed E-state index contributed by atoms with van der Waals surface area (Å²) in [5.41, 5.74) is 0. The second-order valence-electron chi connectivity index (χ2n) is 18.9. The van der Waals surface area contributed by atoms with Crippen LogP contribution in [0.5, 0.6) is 0 Å². The molecule has 0 fully saturated rings. The summed E-state index contributed by atoms with van der Waals surface area (Å²) in [7, 11) is 0. The fraction of sp³-hybridized carbons (Fsp3) is 0.982. The lowest BCUT2D eigenvalue weighted by Crippen LogP contribution is -1.99. The third kappa shape index (κ3) is 50.1. The molecule has 0 bridgehead atoms. The molecule has 0 amide bonds. The third-order valence-electron chi connectivity index (χ3n) is 13.2. The first-order valence-electron chi connectivity index (χ1n) is 27.2. The van der Waals surface area contributed by atoms with Crippen molar-refractivity contribution in [3.63, 3.8) is 0 Å². The summed E-state index contributed by atoms with van der Waals surface area (Å²) in [5, 5.41) is 0. The van der Waals surface area contributed by atoms with Crippen molar-refractivity contribution in [2.24, 2.45) is 0 Å². The van der Waals surface area contributed by atoms with Crippen LogP contribution in [0.15, 0.2) is 0 Å². The van der Waals surface area contributed by atoms with E-state index in [0.717, 1.165) is 0 Å². The third-order valence-corrected chi connectivity index (χ3v) is 13.2. The SMILES string of the molecule is CCCCCCCCCCCCCCCCCC[C](CCCCCCCCCCCCCCCCCC)CCCCCCCCCCCCCCCCCC. The summed E-state index contributed by atoms with van der Waals surface area (Å²) in [6.07, 6.45) is 75.2. The monoisotopic (exact) mass is 772 g/mol. The van der Waals surface area contributed by atoms with Gasteiger partial charge in [-0.1, -0.05) is 329 Å². The van der Waals surface area contributed by atoms with Gasteiger partial charge in [0.25, 0.3) is 0 Å². The molecule has 0 spiro atoms. The quantitative estimate of drug-likeness (QED) is 0.0540. The van der Waals surface area contributed by atoms with Gasteiger partial charge in [0.1, 0.15) is 0 Å². The minimum absolute atomic E-state index is 1.37. The van der Waals surface area contributed by atoms with Crippen molar-refractivity contribution in [3.05, 3.63) is 5.92 Å². The molecule has 0 rings (SSSR count). The zero-order chi connectivity index (χ0) is 39.6. The van der Waals surface area contributed by atoms with E-state index in [1.165, 1.54) is 327 Å². The Morgan fingerprint density at radius 3 is 0.382 bits per heavy atom. The van der Waals surface area contributed by atoms with E-state index in [0.29, 0.717) is 0 Å². The Morgan fingerprint density at radius 1 is 0.145 bits per heavy atom. The Kier molecular flexibility index (Phi) is 52.0. The van der Waals surface area contributed by atoms with Gasteiger partial charge in [-0.05, 0) is 25.2 Å². The van der Waals surface area contributed by atoms with E-state index in [-0.39, 0.29) is 0 Å². The summed E-state index contributed by atoms with van der Waals surface area (Å²) in [5.74, 6) is 1.96. The highest BCUT2D eigenvalue weighted by Gasteiger charge is 2.09. The van der Waals surface area contributed by atoms with Crippen LogP contribution in [0.25, 0.3) is 0 Å². The molecule has 0 heteroatoms. The first-order valence-corrected chi connectivity index (χ1v) is 27.2. The molecular formula is C55H111. The average Bonchev–Trinajstić information content (AvgIpc) is 3.20. The molecule has 0 aliphatic carbocycles. The van der Waals surface area contributed by atoms with E-state index >= 15 is 0 Å². The molecule has 55 heavy (non-hydrogen) atoms. The highest BCUT2D eigenvalue weighted by atomic mass is 14.2. The van der Waals surface area contributed by atoms with E-state index in [9.17, 15) is 0 Å². The van der Waals surface area contributed by atoms with Gasteiger partial charge in [0, 0.05) is 0 Å². The van der Waals surface area contributed by atoms with Crippen molar-refractivity contribution in [3.8, 4) is 0 Å². The Bertz CT molecular complexity index is 536. The van der Waals surface area contributed by atoms with Crippen molar-refractivity contribution in [1.82, 2.24) is 0 Å². The molecule has 0 aromatic rings. The molecule has 0 aromatic carbocycles. The molecule has 0 aromatic heterocycles. The van der Waals surface area contributed by atoms with E-state index in [1.807, 2.05) is 5.92 Å². The van der Waals surface area contributed by atoms with Crippen LogP contribution >= 0.6 is 0 Å². The van der Waals surface area contributed by atoms with E-state index in [2.05, 4.69) is 20.8 Å². The predicted molar refractivity (Wildman–Crippen MR) is 256 cm³/mol. The molecule has 0 saturated heterocycles. The van der Waals surface area contributed by atoms with Gasteiger partial charge >= 0.3 is 0 Å². The van der Waals surface area contributed by atoms with Crippen LogP contribution in [0.3, 0.4) is 0 Å². The summed E-state index contributed by atoms with van der Waals surface area (Å²) < 4.78 is 0. The maximum atomic E-state index is 2.32. The van der Waals surface area contributed by atoms with Gasteiger partial charge in [0.2, 0.25) is 0 Å². The smallest absolute Gasteiger partial charge is 0.0241 e. The first-order chi connectivity index (χ1) is 27.3. The Labute approximate surface area is 352 Å². The lowest BCUT2D eigenvalue weighted by atomic mass is 9.89. The Balaban J connectivity index is 3.94.